The van der Waals surface area contributed by atoms with Crippen molar-refractivity contribution in [3.05, 3.63) is 41.3 Å². The first-order chi connectivity index (χ1) is 8.29. The van der Waals surface area contributed by atoms with Crippen molar-refractivity contribution in [3.63, 3.8) is 0 Å². The Labute approximate surface area is 97.7 Å². The average molecular weight is 259 g/mol. The number of hydrogen-bond donors (Lipinski definition) is 1. The van der Waals surface area contributed by atoms with Gasteiger partial charge in [0.2, 0.25) is 0 Å². The van der Waals surface area contributed by atoms with E-state index in [0.717, 1.165) is 18.2 Å². The van der Waals surface area contributed by atoms with Crippen LogP contribution in [0.1, 0.15) is 16.1 Å². The largest absolute Gasteiger partial charge is 0.477 e. The lowest BCUT2D eigenvalue weighted by Gasteiger charge is -2.11. The number of benzene rings is 1. The van der Waals surface area contributed by atoms with Gasteiger partial charge in [-0.05, 0) is 18.2 Å². The van der Waals surface area contributed by atoms with Crippen molar-refractivity contribution >= 4 is 16.9 Å². The average Bonchev–Trinajstić information content (AvgIpc) is 2.25. The fourth-order valence-electron chi connectivity index (χ4n) is 1.55. The minimum Gasteiger partial charge on any atom is -0.477 e. The number of aromatic nitrogens is 1. The van der Waals surface area contributed by atoms with Crippen molar-refractivity contribution in [1.29, 1.82) is 0 Å². The highest BCUT2D eigenvalue weighted by molar-refractivity contribution is 5.91. The van der Waals surface area contributed by atoms with Crippen LogP contribution in [-0.2, 0) is 6.18 Å². The number of alkyl halides is 3. The smallest absolute Gasteiger partial charge is 0.417 e. The van der Waals surface area contributed by atoms with Gasteiger partial charge in [0.05, 0.1) is 11.1 Å². The molecule has 7 heteroatoms. The van der Waals surface area contributed by atoms with Crippen molar-refractivity contribution in [2.75, 3.05) is 0 Å². The summed E-state index contributed by atoms with van der Waals surface area (Å²) in [7, 11) is 0. The van der Waals surface area contributed by atoms with Gasteiger partial charge in [0, 0.05) is 11.5 Å². The number of aromatic carboxylic acids is 1. The molecule has 0 unspecified atom stereocenters. The molecule has 94 valence electrons. The molecule has 1 heterocycles. The summed E-state index contributed by atoms with van der Waals surface area (Å²) in [6.07, 6.45) is -4.73. The Morgan fingerprint density at radius 3 is 2.44 bits per heavy atom. The van der Waals surface area contributed by atoms with Gasteiger partial charge in [-0.15, -0.1) is 0 Å². The van der Waals surface area contributed by atoms with Crippen LogP contribution in [0.5, 0.6) is 0 Å². The van der Waals surface area contributed by atoms with Crippen molar-refractivity contribution in [2.24, 2.45) is 0 Å². The Morgan fingerprint density at radius 1 is 1.22 bits per heavy atom. The molecule has 0 saturated heterocycles. The summed E-state index contributed by atoms with van der Waals surface area (Å²) >= 11 is 0. The van der Waals surface area contributed by atoms with Crippen LogP contribution in [0, 0.1) is 5.82 Å². The molecular weight excluding hydrogens is 254 g/mol. The van der Waals surface area contributed by atoms with E-state index < -0.39 is 29.2 Å². The number of fused-ring (bicyclic) bond motifs is 1. The molecule has 3 nitrogen and oxygen atoms in total. The van der Waals surface area contributed by atoms with Gasteiger partial charge in [0.25, 0.3) is 0 Å². The van der Waals surface area contributed by atoms with Crippen LogP contribution in [0.4, 0.5) is 17.6 Å². The second kappa shape index (κ2) is 3.94. The third-order valence-corrected chi connectivity index (χ3v) is 2.30. The quantitative estimate of drug-likeness (QED) is 0.800. The van der Waals surface area contributed by atoms with E-state index in [2.05, 4.69) is 4.98 Å². The predicted octanol–water partition coefficient (Wildman–Crippen LogP) is 3.09. The molecule has 0 amide bonds. The molecule has 2 rings (SSSR count). The molecule has 0 fully saturated rings. The van der Waals surface area contributed by atoms with Gasteiger partial charge in [-0.2, -0.15) is 13.2 Å². The van der Waals surface area contributed by atoms with E-state index in [-0.39, 0.29) is 10.9 Å². The minimum absolute atomic E-state index is 0.339. The van der Waals surface area contributed by atoms with Gasteiger partial charge in [-0.1, -0.05) is 0 Å². The summed E-state index contributed by atoms with van der Waals surface area (Å²) in [4.78, 5) is 14.2. The third kappa shape index (κ3) is 2.11. The lowest BCUT2D eigenvalue weighted by Crippen LogP contribution is -2.10. The Balaban J connectivity index is 2.85. The fourth-order valence-corrected chi connectivity index (χ4v) is 1.55. The van der Waals surface area contributed by atoms with E-state index in [1.54, 1.807) is 0 Å². The van der Waals surface area contributed by atoms with Gasteiger partial charge >= 0.3 is 12.1 Å². The van der Waals surface area contributed by atoms with E-state index in [0.29, 0.717) is 6.07 Å². The van der Waals surface area contributed by atoms with E-state index >= 15 is 0 Å². The molecule has 0 radical (unpaired) electrons. The first kappa shape index (κ1) is 12.3. The number of carboxylic acids is 1. The van der Waals surface area contributed by atoms with Crippen LogP contribution < -0.4 is 0 Å². The molecule has 18 heavy (non-hydrogen) atoms. The Kier molecular flexibility index (Phi) is 2.68. The molecule has 1 N–H and O–H groups in total. The van der Waals surface area contributed by atoms with Gasteiger partial charge in [-0.25, -0.2) is 14.2 Å². The molecular formula is C11H5F4NO2. The van der Waals surface area contributed by atoms with Crippen LogP contribution in [0.15, 0.2) is 24.3 Å². The highest BCUT2D eigenvalue weighted by Crippen LogP contribution is 2.34. The van der Waals surface area contributed by atoms with Crippen molar-refractivity contribution in [3.8, 4) is 0 Å². The summed E-state index contributed by atoms with van der Waals surface area (Å²) < 4.78 is 51.2. The van der Waals surface area contributed by atoms with Crippen molar-refractivity contribution < 1.29 is 27.5 Å². The van der Waals surface area contributed by atoms with Gasteiger partial charge in [0.15, 0.2) is 0 Å². The van der Waals surface area contributed by atoms with Crippen LogP contribution in [0.3, 0.4) is 0 Å². The summed E-state index contributed by atoms with van der Waals surface area (Å²) in [6.45, 7) is 0. The summed E-state index contributed by atoms with van der Waals surface area (Å²) in [5, 5.41) is 8.34. The van der Waals surface area contributed by atoms with E-state index in [1.165, 1.54) is 0 Å². The fraction of sp³-hybridized carbons (Fsp3) is 0.0909. The Morgan fingerprint density at radius 2 is 1.89 bits per heavy atom. The summed E-state index contributed by atoms with van der Waals surface area (Å²) in [5.41, 5.74) is -2.27. The molecule has 0 aliphatic carbocycles. The Hall–Kier alpha value is -2.18. The maximum absolute atomic E-state index is 12.9. The molecule has 1 aromatic carbocycles. The van der Waals surface area contributed by atoms with E-state index in [9.17, 15) is 22.4 Å². The highest BCUT2D eigenvalue weighted by atomic mass is 19.4. The molecule has 0 aliphatic rings. The third-order valence-electron chi connectivity index (χ3n) is 2.30. The zero-order valence-electron chi connectivity index (χ0n) is 8.62. The molecule has 0 bridgehead atoms. The molecule has 0 spiro atoms. The first-order valence-corrected chi connectivity index (χ1v) is 4.70. The van der Waals surface area contributed by atoms with Crippen LogP contribution >= 0.6 is 0 Å². The predicted molar refractivity (Wildman–Crippen MR) is 53.7 cm³/mol. The first-order valence-electron chi connectivity index (χ1n) is 4.70. The number of rotatable bonds is 1. The second-order valence-corrected chi connectivity index (χ2v) is 3.52. The maximum Gasteiger partial charge on any atom is 0.417 e. The minimum atomic E-state index is -4.73. The molecule has 2 aromatic rings. The Bertz CT molecular complexity index is 637. The monoisotopic (exact) mass is 259 g/mol. The second-order valence-electron chi connectivity index (χ2n) is 3.52. The van der Waals surface area contributed by atoms with Gasteiger partial charge < -0.3 is 5.11 Å². The SMILES string of the molecule is O=C(O)c1cc(C(F)(F)F)c2ccc(F)cc2n1. The van der Waals surface area contributed by atoms with Crippen LogP contribution in [0.25, 0.3) is 10.9 Å². The van der Waals surface area contributed by atoms with Crippen LogP contribution in [-0.4, -0.2) is 16.1 Å². The zero-order chi connectivity index (χ0) is 13.5. The maximum atomic E-state index is 12.9. The van der Waals surface area contributed by atoms with Crippen molar-refractivity contribution in [2.45, 2.75) is 6.18 Å². The zero-order valence-corrected chi connectivity index (χ0v) is 8.62. The lowest BCUT2D eigenvalue weighted by molar-refractivity contribution is -0.136. The number of carboxylic acid groups (broad SMARTS) is 1. The highest BCUT2D eigenvalue weighted by Gasteiger charge is 2.34. The molecule has 0 atom stereocenters. The number of pyridine rings is 1. The van der Waals surface area contributed by atoms with Crippen molar-refractivity contribution in [1.82, 2.24) is 4.98 Å². The van der Waals surface area contributed by atoms with Gasteiger partial charge in [-0.3, -0.25) is 0 Å². The number of nitrogens with zero attached hydrogens (tertiary/aromatic N) is 1. The number of halogens is 4. The summed E-state index contributed by atoms with van der Waals surface area (Å²) in [6, 6.07) is 2.98. The molecule has 1 aromatic heterocycles. The topological polar surface area (TPSA) is 50.2 Å². The number of hydrogen-bond acceptors (Lipinski definition) is 2. The summed E-state index contributed by atoms with van der Waals surface area (Å²) in [5.74, 6) is -2.39. The molecule has 0 aliphatic heterocycles. The van der Waals surface area contributed by atoms with E-state index in [1.807, 2.05) is 0 Å². The van der Waals surface area contributed by atoms with E-state index in [4.69, 9.17) is 5.11 Å². The van der Waals surface area contributed by atoms with Gasteiger partial charge in [0.1, 0.15) is 11.5 Å². The molecule has 0 saturated carbocycles. The van der Waals surface area contributed by atoms with Crippen LogP contribution in [0.2, 0.25) is 0 Å². The normalized spacial score (nSPS) is 11.8. The number of carbonyl (C=O) groups is 1. The lowest BCUT2D eigenvalue weighted by atomic mass is 10.1. The standard InChI is InChI=1S/C11H5F4NO2/c12-5-1-2-6-7(11(13,14)15)4-9(10(17)18)16-8(6)3-5/h1-4H,(H,17,18).